The van der Waals surface area contributed by atoms with Crippen LogP contribution >= 0.6 is 23.4 Å². The number of aromatic nitrogens is 1. The number of nitrogens with one attached hydrogen (secondary N) is 1. The molecular formula is C16H15ClN2OS. The van der Waals surface area contributed by atoms with E-state index in [1.165, 1.54) is 0 Å². The van der Waals surface area contributed by atoms with Crippen LogP contribution < -0.4 is 10.1 Å². The second-order valence-electron chi connectivity index (χ2n) is 4.68. The minimum atomic E-state index is 0.503. The van der Waals surface area contributed by atoms with Crippen molar-refractivity contribution in [3.05, 3.63) is 41.7 Å². The van der Waals surface area contributed by atoms with Crippen molar-refractivity contribution in [2.45, 2.75) is 23.1 Å². The summed E-state index contributed by atoms with van der Waals surface area (Å²) in [6.45, 7) is 6.19. The predicted molar refractivity (Wildman–Crippen MR) is 89.0 cm³/mol. The lowest BCUT2D eigenvalue weighted by atomic mass is 10.1. The first kappa shape index (κ1) is 14.3. The lowest BCUT2D eigenvalue weighted by Crippen LogP contribution is -2.06. The minimum absolute atomic E-state index is 0.503. The van der Waals surface area contributed by atoms with Crippen molar-refractivity contribution >= 4 is 40.3 Å². The zero-order valence-corrected chi connectivity index (χ0v) is 13.4. The first-order valence-corrected chi connectivity index (χ1v) is 7.83. The van der Waals surface area contributed by atoms with E-state index in [0.717, 1.165) is 44.5 Å². The van der Waals surface area contributed by atoms with Gasteiger partial charge in [0.05, 0.1) is 23.4 Å². The van der Waals surface area contributed by atoms with Gasteiger partial charge in [-0.2, -0.15) is 0 Å². The number of anilines is 2. The fourth-order valence-electron chi connectivity index (χ4n) is 2.27. The Balaban J connectivity index is 2.17. The van der Waals surface area contributed by atoms with Crippen molar-refractivity contribution in [2.75, 3.05) is 12.4 Å². The predicted octanol–water partition coefficient (Wildman–Crippen LogP) is 5.38. The molecule has 5 heteroatoms. The second kappa shape index (κ2) is 5.62. The summed E-state index contributed by atoms with van der Waals surface area (Å²) >= 11 is 7.87. The number of rotatable bonds is 3. The van der Waals surface area contributed by atoms with E-state index in [4.69, 9.17) is 16.3 Å². The quantitative estimate of drug-likeness (QED) is 0.658. The average molecular weight is 319 g/mol. The van der Waals surface area contributed by atoms with Gasteiger partial charge in [-0.1, -0.05) is 42.9 Å². The van der Waals surface area contributed by atoms with E-state index in [2.05, 4.69) is 23.8 Å². The fourth-order valence-corrected chi connectivity index (χ4v) is 3.55. The Morgan fingerprint density at radius 1 is 1.43 bits per heavy atom. The Labute approximate surface area is 133 Å². The highest BCUT2D eigenvalue weighted by Gasteiger charge is 2.24. The Kier molecular flexibility index (Phi) is 3.83. The lowest BCUT2D eigenvalue weighted by molar-refractivity contribution is 0.416. The standard InChI is InChI=1S/C16H15ClN2OS/c1-4-9(2)10-8-18-16(17)15-13(10)19-14-11(20-3)6-5-7-12(14)21-15/h5-8,19H,2,4H2,1,3H3. The molecular weight excluding hydrogens is 304 g/mol. The summed E-state index contributed by atoms with van der Waals surface area (Å²) < 4.78 is 5.44. The number of ether oxygens (including phenoxy) is 1. The summed E-state index contributed by atoms with van der Waals surface area (Å²) in [5, 5.41) is 3.96. The molecule has 0 fully saturated rings. The fraction of sp³-hybridized carbons (Fsp3) is 0.188. The number of benzene rings is 1. The van der Waals surface area contributed by atoms with E-state index < -0.39 is 0 Å². The van der Waals surface area contributed by atoms with Gasteiger partial charge in [0.1, 0.15) is 10.9 Å². The van der Waals surface area contributed by atoms with Gasteiger partial charge < -0.3 is 10.1 Å². The molecule has 3 nitrogen and oxygen atoms in total. The number of hydrogen-bond acceptors (Lipinski definition) is 4. The van der Waals surface area contributed by atoms with Gasteiger partial charge >= 0.3 is 0 Å². The number of pyridine rings is 1. The summed E-state index contributed by atoms with van der Waals surface area (Å²) in [5.74, 6) is 0.812. The number of halogens is 1. The Morgan fingerprint density at radius 3 is 2.95 bits per heavy atom. The number of para-hydroxylation sites is 1. The number of fused-ring (bicyclic) bond motifs is 2. The zero-order valence-electron chi connectivity index (χ0n) is 11.9. The molecule has 0 bridgehead atoms. The van der Waals surface area contributed by atoms with Gasteiger partial charge in [0, 0.05) is 16.7 Å². The maximum atomic E-state index is 6.27. The van der Waals surface area contributed by atoms with Crippen molar-refractivity contribution in [2.24, 2.45) is 0 Å². The monoisotopic (exact) mass is 318 g/mol. The summed E-state index contributed by atoms with van der Waals surface area (Å²) in [6.07, 6.45) is 2.64. The molecule has 1 aliphatic rings. The molecule has 0 spiro atoms. The number of methoxy groups -OCH3 is 1. The van der Waals surface area contributed by atoms with Crippen LogP contribution in [0, 0.1) is 0 Å². The molecule has 3 rings (SSSR count). The molecule has 0 saturated carbocycles. The van der Waals surface area contributed by atoms with Crippen LogP contribution in [0.2, 0.25) is 5.15 Å². The van der Waals surface area contributed by atoms with Gasteiger partial charge in [0.25, 0.3) is 0 Å². The largest absolute Gasteiger partial charge is 0.495 e. The topological polar surface area (TPSA) is 34.2 Å². The third kappa shape index (κ3) is 2.39. The SMILES string of the molecule is C=C(CC)c1cnc(Cl)c2c1Nc1c(OC)cccc1S2. The van der Waals surface area contributed by atoms with Crippen molar-refractivity contribution in [3.63, 3.8) is 0 Å². The van der Waals surface area contributed by atoms with Crippen LogP contribution in [0.4, 0.5) is 11.4 Å². The van der Waals surface area contributed by atoms with Crippen LogP contribution in [-0.2, 0) is 0 Å². The molecule has 108 valence electrons. The molecule has 0 aliphatic carbocycles. The van der Waals surface area contributed by atoms with Crippen LogP contribution in [0.25, 0.3) is 5.57 Å². The number of hydrogen-bond donors (Lipinski definition) is 1. The van der Waals surface area contributed by atoms with Gasteiger partial charge in [-0.25, -0.2) is 4.98 Å². The second-order valence-corrected chi connectivity index (χ2v) is 6.09. The van der Waals surface area contributed by atoms with Crippen molar-refractivity contribution in [1.82, 2.24) is 4.98 Å². The zero-order chi connectivity index (χ0) is 15.0. The molecule has 1 N–H and O–H groups in total. The van der Waals surface area contributed by atoms with E-state index >= 15 is 0 Å². The van der Waals surface area contributed by atoms with Gasteiger partial charge in [-0.05, 0) is 24.1 Å². The summed E-state index contributed by atoms with van der Waals surface area (Å²) in [4.78, 5) is 6.30. The maximum Gasteiger partial charge on any atom is 0.145 e. The molecule has 2 heterocycles. The van der Waals surface area contributed by atoms with E-state index in [0.29, 0.717) is 5.15 Å². The Bertz CT molecular complexity index is 730. The van der Waals surface area contributed by atoms with Crippen molar-refractivity contribution in [1.29, 1.82) is 0 Å². The lowest BCUT2D eigenvalue weighted by Gasteiger charge is -2.25. The molecule has 1 aliphatic heterocycles. The van der Waals surface area contributed by atoms with E-state index in [1.807, 2.05) is 18.2 Å². The van der Waals surface area contributed by atoms with E-state index in [9.17, 15) is 0 Å². The normalized spacial score (nSPS) is 12.1. The van der Waals surface area contributed by atoms with Gasteiger partial charge in [-0.3, -0.25) is 0 Å². The molecule has 2 aromatic rings. The molecule has 0 saturated heterocycles. The van der Waals surface area contributed by atoms with Crippen LogP contribution in [0.15, 0.2) is 40.8 Å². The third-order valence-electron chi connectivity index (χ3n) is 3.47. The van der Waals surface area contributed by atoms with Crippen LogP contribution in [0.3, 0.4) is 0 Å². The van der Waals surface area contributed by atoms with E-state index in [1.54, 1.807) is 25.1 Å². The van der Waals surface area contributed by atoms with Crippen molar-refractivity contribution in [3.8, 4) is 5.75 Å². The number of allylic oxidation sites excluding steroid dienone is 1. The van der Waals surface area contributed by atoms with E-state index in [-0.39, 0.29) is 0 Å². The summed E-state index contributed by atoms with van der Waals surface area (Å²) in [7, 11) is 1.67. The molecule has 1 aromatic heterocycles. The Hall–Kier alpha value is -1.65. The Morgan fingerprint density at radius 2 is 2.24 bits per heavy atom. The summed E-state index contributed by atoms with van der Waals surface area (Å²) in [6, 6.07) is 5.94. The molecule has 1 aromatic carbocycles. The first-order valence-electron chi connectivity index (χ1n) is 6.64. The highest BCUT2D eigenvalue weighted by molar-refractivity contribution is 7.99. The molecule has 0 amide bonds. The third-order valence-corrected chi connectivity index (χ3v) is 5.03. The highest BCUT2D eigenvalue weighted by Crippen LogP contribution is 2.51. The maximum absolute atomic E-state index is 6.27. The van der Waals surface area contributed by atoms with Gasteiger partial charge in [0.2, 0.25) is 0 Å². The molecule has 0 atom stereocenters. The summed E-state index contributed by atoms with van der Waals surface area (Å²) in [5.41, 5.74) is 3.96. The highest BCUT2D eigenvalue weighted by atomic mass is 35.5. The number of nitrogens with zero attached hydrogens (tertiary/aromatic N) is 1. The molecule has 21 heavy (non-hydrogen) atoms. The van der Waals surface area contributed by atoms with Crippen LogP contribution in [-0.4, -0.2) is 12.1 Å². The first-order chi connectivity index (χ1) is 10.2. The smallest absolute Gasteiger partial charge is 0.145 e. The van der Waals surface area contributed by atoms with Crippen LogP contribution in [0.1, 0.15) is 18.9 Å². The molecule has 0 radical (unpaired) electrons. The minimum Gasteiger partial charge on any atom is -0.495 e. The van der Waals surface area contributed by atoms with Gasteiger partial charge in [-0.15, -0.1) is 0 Å². The average Bonchev–Trinajstić information content (AvgIpc) is 2.52. The van der Waals surface area contributed by atoms with Crippen molar-refractivity contribution < 1.29 is 4.74 Å². The van der Waals surface area contributed by atoms with Gasteiger partial charge in [0.15, 0.2) is 0 Å². The van der Waals surface area contributed by atoms with Crippen LogP contribution in [0.5, 0.6) is 5.75 Å². The molecule has 0 unspecified atom stereocenters.